The van der Waals surface area contributed by atoms with Crippen LogP contribution in [0.25, 0.3) is 0 Å². The maximum absolute atomic E-state index is 12.0. The van der Waals surface area contributed by atoms with Crippen LogP contribution in [0.1, 0.15) is 23.3 Å². The summed E-state index contributed by atoms with van der Waals surface area (Å²) in [6.07, 6.45) is -0.0517. The molecule has 0 aliphatic carbocycles. The summed E-state index contributed by atoms with van der Waals surface area (Å²) in [4.78, 5) is 18.4. The lowest BCUT2D eigenvalue weighted by Gasteiger charge is -2.37. The third-order valence-electron chi connectivity index (χ3n) is 4.26. The second-order valence-electron chi connectivity index (χ2n) is 6.09. The molecule has 2 unspecified atom stereocenters. The summed E-state index contributed by atoms with van der Waals surface area (Å²) in [6, 6.07) is 9.21. The molecule has 1 amide bonds. The SMILES string of the molecule is Cc1nc(C)n(CC2CN(C(C(N)=O)c3ccccc3)CCO2)n1. The van der Waals surface area contributed by atoms with E-state index in [1.165, 1.54) is 0 Å². The number of amides is 1. The molecule has 24 heavy (non-hydrogen) atoms. The van der Waals surface area contributed by atoms with E-state index in [-0.39, 0.29) is 12.0 Å². The molecule has 2 N–H and O–H groups in total. The van der Waals surface area contributed by atoms with Gasteiger partial charge >= 0.3 is 0 Å². The Morgan fingerprint density at radius 1 is 1.38 bits per heavy atom. The maximum atomic E-state index is 12.0. The summed E-state index contributed by atoms with van der Waals surface area (Å²) in [6.45, 7) is 6.28. The van der Waals surface area contributed by atoms with Crippen LogP contribution < -0.4 is 5.73 Å². The van der Waals surface area contributed by atoms with Crippen LogP contribution in [0.15, 0.2) is 30.3 Å². The van der Waals surface area contributed by atoms with Gasteiger partial charge in [-0.2, -0.15) is 5.10 Å². The smallest absolute Gasteiger partial charge is 0.239 e. The van der Waals surface area contributed by atoms with Gasteiger partial charge in [-0.3, -0.25) is 9.69 Å². The molecule has 0 bridgehead atoms. The molecule has 1 aliphatic rings. The van der Waals surface area contributed by atoms with Gasteiger partial charge in [0.2, 0.25) is 5.91 Å². The molecule has 2 atom stereocenters. The number of benzene rings is 1. The maximum Gasteiger partial charge on any atom is 0.239 e. The standard InChI is InChI=1S/C17H23N5O2/c1-12-19-13(2)22(20-12)11-15-10-21(8-9-24-15)16(17(18)23)14-6-4-3-5-7-14/h3-7,15-16H,8-11H2,1-2H3,(H2,18,23). The molecular weight excluding hydrogens is 306 g/mol. The topological polar surface area (TPSA) is 86.3 Å². The number of aryl methyl sites for hydroxylation is 2. The predicted octanol–water partition coefficient (Wildman–Crippen LogP) is 0.822. The van der Waals surface area contributed by atoms with Crippen LogP contribution >= 0.6 is 0 Å². The lowest BCUT2D eigenvalue weighted by molar-refractivity contribution is -0.127. The van der Waals surface area contributed by atoms with E-state index >= 15 is 0 Å². The third-order valence-corrected chi connectivity index (χ3v) is 4.26. The number of aromatic nitrogens is 3. The summed E-state index contributed by atoms with van der Waals surface area (Å²) < 4.78 is 7.71. The van der Waals surface area contributed by atoms with Gasteiger partial charge in [0.1, 0.15) is 17.7 Å². The Kier molecular flexibility index (Phi) is 4.92. The highest BCUT2D eigenvalue weighted by Crippen LogP contribution is 2.23. The number of carbonyl (C=O) groups is 1. The number of primary amides is 1. The van der Waals surface area contributed by atoms with Gasteiger partial charge in [-0.25, -0.2) is 9.67 Å². The molecular formula is C17H23N5O2. The van der Waals surface area contributed by atoms with E-state index in [1.807, 2.05) is 48.9 Å². The van der Waals surface area contributed by atoms with E-state index in [0.717, 1.165) is 17.2 Å². The molecule has 0 saturated carbocycles. The lowest BCUT2D eigenvalue weighted by Crippen LogP contribution is -2.49. The number of hydrogen-bond acceptors (Lipinski definition) is 5. The van der Waals surface area contributed by atoms with Crippen LogP contribution in [0.3, 0.4) is 0 Å². The van der Waals surface area contributed by atoms with Gasteiger partial charge in [-0.1, -0.05) is 30.3 Å². The Hall–Kier alpha value is -2.25. The summed E-state index contributed by atoms with van der Waals surface area (Å²) in [5, 5.41) is 4.38. The van der Waals surface area contributed by atoms with Gasteiger partial charge < -0.3 is 10.5 Å². The van der Waals surface area contributed by atoms with E-state index in [4.69, 9.17) is 10.5 Å². The highest BCUT2D eigenvalue weighted by atomic mass is 16.5. The fourth-order valence-electron chi connectivity index (χ4n) is 3.20. The van der Waals surface area contributed by atoms with E-state index in [9.17, 15) is 4.79 Å². The first kappa shape index (κ1) is 16.6. The Labute approximate surface area is 141 Å². The second-order valence-corrected chi connectivity index (χ2v) is 6.09. The molecule has 2 heterocycles. The van der Waals surface area contributed by atoms with Crippen molar-refractivity contribution in [2.45, 2.75) is 32.5 Å². The van der Waals surface area contributed by atoms with E-state index in [1.54, 1.807) is 0 Å². The minimum Gasteiger partial charge on any atom is -0.374 e. The van der Waals surface area contributed by atoms with Crippen molar-refractivity contribution in [3.8, 4) is 0 Å². The Morgan fingerprint density at radius 2 is 2.12 bits per heavy atom. The van der Waals surface area contributed by atoms with Crippen LogP contribution in [0.5, 0.6) is 0 Å². The van der Waals surface area contributed by atoms with Crippen molar-refractivity contribution in [2.75, 3.05) is 19.7 Å². The third kappa shape index (κ3) is 3.63. The molecule has 7 nitrogen and oxygen atoms in total. The molecule has 1 aromatic heterocycles. The Balaban J connectivity index is 1.74. The number of ether oxygens (including phenoxy) is 1. The van der Waals surface area contributed by atoms with Crippen molar-refractivity contribution in [3.63, 3.8) is 0 Å². The molecule has 1 saturated heterocycles. The van der Waals surface area contributed by atoms with Crippen LogP contribution in [0.2, 0.25) is 0 Å². The Morgan fingerprint density at radius 3 is 2.75 bits per heavy atom. The van der Waals surface area contributed by atoms with Gasteiger partial charge in [-0.05, 0) is 19.4 Å². The minimum absolute atomic E-state index is 0.0517. The number of hydrogen-bond donors (Lipinski definition) is 1. The van der Waals surface area contributed by atoms with Gasteiger partial charge in [0.25, 0.3) is 0 Å². The number of nitrogens with zero attached hydrogens (tertiary/aromatic N) is 4. The van der Waals surface area contributed by atoms with E-state index < -0.39 is 6.04 Å². The van der Waals surface area contributed by atoms with Crippen molar-refractivity contribution >= 4 is 5.91 Å². The molecule has 7 heteroatoms. The fourth-order valence-corrected chi connectivity index (χ4v) is 3.20. The summed E-state index contributed by atoms with van der Waals surface area (Å²) >= 11 is 0. The van der Waals surface area contributed by atoms with Gasteiger partial charge in [0, 0.05) is 13.1 Å². The monoisotopic (exact) mass is 329 g/mol. The van der Waals surface area contributed by atoms with Crippen molar-refractivity contribution in [1.82, 2.24) is 19.7 Å². The van der Waals surface area contributed by atoms with Crippen LogP contribution in [-0.4, -0.2) is 51.4 Å². The Bertz CT molecular complexity index is 700. The summed E-state index contributed by atoms with van der Waals surface area (Å²) in [5.74, 6) is 1.27. The zero-order chi connectivity index (χ0) is 17.1. The first-order valence-electron chi connectivity index (χ1n) is 8.12. The van der Waals surface area contributed by atoms with Crippen LogP contribution in [0.4, 0.5) is 0 Å². The first-order valence-corrected chi connectivity index (χ1v) is 8.12. The van der Waals surface area contributed by atoms with E-state index in [2.05, 4.69) is 15.0 Å². The van der Waals surface area contributed by atoms with Crippen molar-refractivity contribution in [2.24, 2.45) is 5.73 Å². The molecule has 1 aliphatic heterocycles. The fraction of sp³-hybridized carbons (Fsp3) is 0.471. The van der Waals surface area contributed by atoms with Crippen LogP contribution in [-0.2, 0) is 16.1 Å². The van der Waals surface area contributed by atoms with Crippen molar-refractivity contribution < 1.29 is 9.53 Å². The largest absolute Gasteiger partial charge is 0.374 e. The highest BCUT2D eigenvalue weighted by Gasteiger charge is 2.31. The minimum atomic E-state index is -0.434. The summed E-state index contributed by atoms with van der Waals surface area (Å²) in [7, 11) is 0. The van der Waals surface area contributed by atoms with Gasteiger partial charge in [0.15, 0.2) is 0 Å². The highest BCUT2D eigenvalue weighted by molar-refractivity contribution is 5.81. The zero-order valence-electron chi connectivity index (χ0n) is 14.1. The average Bonchev–Trinajstić information content (AvgIpc) is 2.86. The normalized spacial score (nSPS) is 20.0. The lowest BCUT2D eigenvalue weighted by atomic mass is 10.0. The van der Waals surface area contributed by atoms with Crippen molar-refractivity contribution in [3.05, 3.63) is 47.5 Å². The number of carbonyl (C=O) groups excluding carboxylic acids is 1. The van der Waals surface area contributed by atoms with E-state index in [0.29, 0.717) is 26.2 Å². The molecule has 0 spiro atoms. The molecule has 0 radical (unpaired) electrons. The molecule has 1 aromatic carbocycles. The predicted molar refractivity (Wildman–Crippen MR) is 89.2 cm³/mol. The molecule has 128 valence electrons. The second kappa shape index (κ2) is 7.11. The molecule has 2 aromatic rings. The van der Waals surface area contributed by atoms with Crippen molar-refractivity contribution in [1.29, 1.82) is 0 Å². The van der Waals surface area contributed by atoms with Gasteiger partial charge in [-0.15, -0.1) is 0 Å². The average molecular weight is 329 g/mol. The first-order chi connectivity index (χ1) is 11.5. The molecule has 3 rings (SSSR count). The molecule has 1 fully saturated rings. The zero-order valence-corrected chi connectivity index (χ0v) is 14.1. The number of morpholine rings is 1. The van der Waals surface area contributed by atoms with Gasteiger partial charge in [0.05, 0.1) is 19.3 Å². The quantitative estimate of drug-likeness (QED) is 0.878. The number of rotatable bonds is 5. The van der Waals surface area contributed by atoms with Crippen LogP contribution in [0, 0.1) is 13.8 Å². The number of nitrogens with two attached hydrogens (primary N) is 1. The summed E-state index contributed by atoms with van der Waals surface area (Å²) in [5.41, 5.74) is 6.59.